The molecule has 0 N–H and O–H groups in total. The summed E-state index contributed by atoms with van der Waals surface area (Å²) in [7, 11) is 0. The summed E-state index contributed by atoms with van der Waals surface area (Å²) in [4.78, 5) is 15.3. The molecule has 3 aromatic heterocycles. The third kappa shape index (κ3) is 1.00. The van der Waals surface area contributed by atoms with Gasteiger partial charge >= 0.3 is 0 Å². The first-order valence-corrected chi connectivity index (χ1v) is 4.71. The zero-order valence-corrected chi connectivity index (χ0v) is 7.92. The molecule has 0 aliphatic rings. The number of carbonyl (C=O) groups is 1. The lowest BCUT2D eigenvalue weighted by Gasteiger charge is -1.93. The predicted molar refractivity (Wildman–Crippen MR) is 58.1 cm³/mol. The number of fused-ring (bicyclic) bond motifs is 3. The van der Waals surface area contributed by atoms with E-state index in [0.717, 1.165) is 22.8 Å². The lowest BCUT2D eigenvalue weighted by Crippen LogP contribution is -1.82. The molecule has 0 atom stereocenters. The number of rotatable bonds is 1. The summed E-state index contributed by atoms with van der Waals surface area (Å²) >= 11 is 0. The highest BCUT2D eigenvalue weighted by atomic mass is 16.1. The minimum Gasteiger partial charge on any atom is -0.314 e. The van der Waals surface area contributed by atoms with Crippen molar-refractivity contribution in [2.45, 2.75) is 0 Å². The van der Waals surface area contributed by atoms with Crippen LogP contribution in [0.4, 0.5) is 0 Å². The van der Waals surface area contributed by atoms with Crippen LogP contribution in [0.25, 0.3) is 16.6 Å². The Morgan fingerprint density at radius 1 is 1.13 bits per heavy atom. The van der Waals surface area contributed by atoms with Crippen molar-refractivity contribution in [2.24, 2.45) is 0 Å². The van der Waals surface area contributed by atoms with Crippen LogP contribution in [0.2, 0.25) is 0 Å². The predicted octanol–water partition coefficient (Wildman–Crippen LogP) is 2.30. The molecule has 0 saturated carbocycles. The van der Waals surface area contributed by atoms with Gasteiger partial charge in [0.2, 0.25) is 0 Å². The van der Waals surface area contributed by atoms with Crippen molar-refractivity contribution in [2.75, 3.05) is 0 Å². The monoisotopic (exact) mass is 196 g/mol. The smallest absolute Gasteiger partial charge is 0.154 e. The van der Waals surface area contributed by atoms with E-state index in [0.29, 0.717) is 5.56 Å². The van der Waals surface area contributed by atoms with Crippen LogP contribution in [0.1, 0.15) is 10.4 Å². The molecule has 0 aliphatic heterocycles. The minimum atomic E-state index is 0.659. The lowest BCUT2D eigenvalue weighted by molar-refractivity contribution is 0.112. The standard InChI is InChI=1S/C12H8N2O/c15-8-9-10-4-1-2-7-14(10)11-5-3-6-13-12(9)11/h1-8H. The van der Waals surface area contributed by atoms with E-state index in [4.69, 9.17) is 0 Å². The summed E-state index contributed by atoms with van der Waals surface area (Å²) in [5, 5.41) is 0. The SMILES string of the molecule is O=Cc1c2ncccc2n2ccccc12. The Kier molecular flexibility index (Phi) is 1.59. The second-order valence-electron chi connectivity index (χ2n) is 3.36. The molecule has 0 amide bonds. The summed E-state index contributed by atoms with van der Waals surface area (Å²) in [6, 6.07) is 9.61. The number of pyridine rings is 2. The summed E-state index contributed by atoms with van der Waals surface area (Å²) in [6.07, 6.45) is 4.51. The Balaban J connectivity index is 2.68. The maximum absolute atomic E-state index is 11.0. The molecule has 3 heteroatoms. The Morgan fingerprint density at radius 3 is 2.87 bits per heavy atom. The zero-order valence-electron chi connectivity index (χ0n) is 7.92. The van der Waals surface area contributed by atoms with E-state index in [1.54, 1.807) is 6.20 Å². The van der Waals surface area contributed by atoms with E-state index in [9.17, 15) is 4.79 Å². The third-order valence-corrected chi connectivity index (χ3v) is 2.55. The molecule has 0 spiro atoms. The van der Waals surface area contributed by atoms with Crippen LogP contribution < -0.4 is 0 Å². The fourth-order valence-corrected chi connectivity index (χ4v) is 1.91. The lowest BCUT2D eigenvalue weighted by atomic mass is 10.2. The van der Waals surface area contributed by atoms with Crippen LogP contribution in [-0.2, 0) is 0 Å². The van der Waals surface area contributed by atoms with Gasteiger partial charge in [-0.25, -0.2) is 0 Å². The molecule has 3 nitrogen and oxygen atoms in total. The second kappa shape index (κ2) is 2.92. The molecule has 3 heterocycles. The second-order valence-corrected chi connectivity index (χ2v) is 3.36. The first-order chi connectivity index (χ1) is 7.42. The van der Waals surface area contributed by atoms with Crippen molar-refractivity contribution in [3.63, 3.8) is 0 Å². The molecule has 0 unspecified atom stereocenters. The molecule has 3 rings (SSSR count). The van der Waals surface area contributed by atoms with Crippen molar-refractivity contribution in [1.29, 1.82) is 0 Å². The van der Waals surface area contributed by atoms with E-state index >= 15 is 0 Å². The molecule has 15 heavy (non-hydrogen) atoms. The van der Waals surface area contributed by atoms with E-state index in [2.05, 4.69) is 4.98 Å². The van der Waals surface area contributed by atoms with Gasteiger partial charge in [-0.2, -0.15) is 0 Å². The van der Waals surface area contributed by atoms with Crippen molar-refractivity contribution in [3.8, 4) is 0 Å². The topological polar surface area (TPSA) is 34.4 Å². The fourth-order valence-electron chi connectivity index (χ4n) is 1.91. The molecule has 0 bridgehead atoms. The van der Waals surface area contributed by atoms with Gasteiger partial charge in [0.1, 0.15) is 0 Å². The highest BCUT2D eigenvalue weighted by Crippen LogP contribution is 2.22. The zero-order chi connectivity index (χ0) is 10.3. The molecule has 0 aromatic carbocycles. The van der Waals surface area contributed by atoms with E-state index < -0.39 is 0 Å². The van der Waals surface area contributed by atoms with Gasteiger partial charge in [-0.05, 0) is 24.3 Å². The maximum Gasteiger partial charge on any atom is 0.154 e. The van der Waals surface area contributed by atoms with Crippen molar-refractivity contribution in [3.05, 3.63) is 48.3 Å². The highest BCUT2D eigenvalue weighted by Gasteiger charge is 2.10. The molecular formula is C12H8N2O. The minimum absolute atomic E-state index is 0.659. The van der Waals surface area contributed by atoms with Gasteiger partial charge in [-0.3, -0.25) is 9.78 Å². The van der Waals surface area contributed by atoms with Gasteiger partial charge in [-0.15, -0.1) is 0 Å². The summed E-state index contributed by atoms with van der Waals surface area (Å²) in [5.41, 5.74) is 3.29. The Morgan fingerprint density at radius 2 is 2.00 bits per heavy atom. The Labute approximate surface area is 86.0 Å². The fraction of sp³-hybridized carbons (Fsp3) is 0. The van der Waals surface area contributed by atoms with Crippen LogP contribution >= 0.6 is 0 Å². The summed E-state index contributed by atoms with van der Waals surface area (Å²) < 4.78 is 1.98. The van der Waals surface area contributed by atoms with Gasteiger partial charge in [-0.1, -0.05) is 6.07 Å². The van der Waals surface area contributed by atoms with Crippen LogP contribution in [0.5, 0.6) is 0 Å². The Hall–Kier alpha value is -2.16. The third-order valence-electron chi connectivity index (χ3n) is 2.55. The number of aromatic nitrogens is 2. The van der Waals surface area contributed by atoms with E-state index in [-0.39, 0.29) is 0 Å². The van der Waals surface area contributed by atoms with Crippen LogP contribution in [-0.4, -0.2) is 15.7 Å². The average Bonchev–Trinajstić information content (AvgIpc) is 2.63. The number of hydrogen-bond donors (Lipinski definition) is 0. The normalized spacial score (nSPS) is 10.9. The molecule has 0 radical (unpaired) electrons. The van der Waals surface area contributed by atoms with Crippen LogP contribution in [0, 0.1) is 0 Å². The van der Waals surface area contributed by atoms with E-state index in [1.807, 2.05) is 40.9 Å². The van der Waals surface area contributed by atoms with Gasteiger partial charge in [0.05, 0.1) is 22.1 Å². The molecule has 0 saturated heterocycles. The van der Waals surface area contributed by atoms with Crippen LogP contribution in [0.15, 0.2) is 42.7 Å². The maximum atomic E-state index is 11.0. The number of nitrogens with zero attached hydrogens (tertiary/aromatic N) is 2. The number of carbonyl (C=O) groups excluding carboxylic acids is 1. The quantitative estimate of drug-likeness (QED) is 0.559. The average molecular weight is 196 g/mol. The molecular weight excluding hydrogens is 188 g/mol. The highest BCUT2D eigenvalue weighted by molar-refractivity contribution is 6.03. The number of aldehydes is 1. The van der Waals surface area contributed by atoms with Gasteiger partial charge < -0.3 is 4.40 Å². The number of hydrogen-bond acceptors (Lipinski definition) is 2. The van der Waals surface area contributed by atoms with E-state index in [1.165, 1.54) is 0 Å². The molecule has 0 aliphatic carbocycles. The van der Waals surface area contributed by atoms with Crippen molar-refractivity contribution >= 4 is 22.8 Å². The largest absolute Gasteiger partial charge is 0.314 e. The van der Waals surface area contributed by atoms with Crippen molar-refractivity contribution < 1.29 is 4.79 Å². The van der Waals surface area contributed by atoms with Gasteiger partial charge in [0.15, 0.2) is 6.29 Å². The van der Waals surface area contributed by atoms with Crippen molar-refractivity contribution in [1.82, 2.24) is 9.38 Å². The molecule has 0 fully saturated rings. The van der Waals surface area contributed by atoms with Crippen LogP contribution in [0.3, 0.4) is 0 Å². The summed E-state index contributed by atoms with van der Waals surface area (Å²) in [5.74, 6) is 0. The molecule has 3 aromatic rings. The Bertz CT molecular complexity index is 602. The first kappa shape index (κ1) is 8.17. The summed E-state index contributed by atoms with van der Waals surface area (Å²) in [6.45, 7) is 0. The van der Waals surface area contributed by atoms with Gasteiger partial charge in [0, 0.05) is 12.4 Å². The molecule has 72 valence electrons. The van der Waals surface area contributed by atoms with Gasteiger partial charge in [0.25, 0.3) is 0 Å². The first-order valence-electron chi connectivity index (χ1n) is 4.71.